The van der Waals surface area contributed by atoms with Crippen LogP contribution >= 0.6 is 0 Å². The first kappa shape index (κ1) is 12.7. The lowest BCUT2D eigenvalue weighted by atomic mass is 9.95. The number of likely N-dealkylation sites (tertiary alicyclic amines) is 1. The number of benzene rings is 1. The maximum atomic E-state index is 12.5. The molecule has 1 unspecified atom stereocenters. The minimum Gasteiger partial charge on any atom is -0.338 e. The van der Waals surface area contributed by atoms with Crippen molar-refractivity contribution >= 4 is 5.91 Å². The van der Waals surface area contributed by atoms with Crippen molar-refractivity contribution in [3.8, 4) is 0 Å². The minimum atomic E-state index is 0.206. The van der Waals surface area contributed by atoms with Crippen LogP contribution in [0.15, 0.2) is 18.2 Å². The predicted octanol–water partition coefficient (Wildman–Crippen LogP) is 2.41. The van der Waals surface area contributed by atoms with Gasteiger partial charge in [-0.1, -0.05) is 19.9 Å². The minimum absolute atomic E-state index is 0.206. The van der Waals surface area contributed by atoms with E-state index >= 15 is 0 Å². The molecule has 0 aliphatic carbocycles. The summed E-state index contributed by atoms with van der Waals surface area (Å²) in [4.78, 5) is 14.5. The second kappa shape index (κ2) is 4.97. The maximum absolute atomic E-state index is 12.5. The third-order valence-electron chi connectivity index (χ3n) is 4.54. The molecule has 2 heterocycles. The van der Waals surface area contributed by atoms with Gasteiger partial charge < -0.3 is 10.2 Å². The molecule has 1 saturated heterocycles. The number of carbonyl (C=O) groups is 1. The van der Waals surface area contributed by atoms with Crippen molar-refractivity contribution < 1.29 is 4.79 Å². The van der Waals surface area contributed by atoms with Gasteiger partial charge in [-0.15, -0.1) is 0 Å². The van der Waals surface area contributed by atoms with Crippen LogP contribution in [0.1, 0.15) is 41.8 Å². The highest BCUT2D eigenvalue weighted by atomic mass is 16.2. The van der Waals surface area contributed by atoms with E-state index in [9.17, 15) is 4.79 Å². The fourth-order valence-corrected chi connectivity index (χ4v) is 3.13. The SMILES string of the molecule is CC(C)C1CCN(C(=O)c2ccc3c(c2)CNC3)C1. The lowest BCUT2D eigenvalue weighted by Gasteiger charge is -2.18. The lowest BCUT2D eigenvalue weighted by Crippen LogP contribution is -2.29. The summed E-state index contributed by atoms with van der Waals surface area (Å²) < 4.78 is 0. The molecule has 0 bridgehead atoms. The fourth-order valence-electron chi connectivity index (χ4n) is 3.13. The molecular weight excluding hydrogens is 236 g/mol. The summed E-state index contributed by atoms with van der Waals surface area (Å²) in [5, 5.41) is 3.32. The van der Waals surface area contributed by atoms with Crippen LogP contribution in [0.3, 0.4) is 0 Å². The average molecular weight is 258 g/mol. The molecule has 1 atom stereocenters. The quantitative estimate of drug-likeness (QED) is 0.883. The van der Waals surface area contributed by atoms with Crippen LogP contribution in [0.4, 0.5) is 0 Å². The highest BCUT2D eigenvalue weighted by molar-refractivity contribution is 5.94. The standard InChI is InChI=1S/C16H22N2O/c1-11(2)14-5-6-18(10-14)16(19)12-3-4-13-8-17-9-15(13)7-12/h3-4,7,11,14,17H,5-6,8-10H2,1-2H3. The molecule has 0 saturated carbocycles. The van der Waals surface area contributed by atoms with Gasteiger partial charge in [-0.3, -0.25) is 4.79 Å². The Labute approximate surface area is 115 Å². The van der Waals surface area contributed by atoms with E-state index in [4.69, 9.17) is 0 Å². The van der Waals surface area contributed by atoms with Gasteiger partial charge >= 0.3 is 0 Å². The number of carbonyl (C=O) groups excluding carboxylic acids is 1. The summed E-state index contributed by atoms with van der Waals surface area (Å²) in [5.74, 6) is 1.54. The smallest absolute Gasteiger partial charge is 0.253 e. The second-order valence-corrected chi connectivity index (χ2v) is 6.13. The normalized spacial score (nSPS) is 22.1. The molecule has 1 aromatic rings. The number of nitrogens with one attached hydrogen (secondary N) is 1. The Kier molecular flexibility index (Phi) is 3.31. The third kappa shape index (κ3) is 2.39. The van der Waals surface area contributed by atoms with Crippen molar-refractivity contribution in [3.63, 3.8) is 0 Å². The molecule has 3 heteroatoms. The van der Waals surface area contributed by atoms with Crippen molar-refractivity contribution in [1.29, 1.82) is 0 Å². The first-order chi connectivity index (χ1) is 9.15. The van der Waals surface area contributed by atoms with Crippen molar-refractivity contribution in [2.24, 2.45) is 11.8 Å². The number of fused-ring (bicyclic) bond motifs is 1. The van der Waals surface area contributed by atoms with Gasteiger partial charge in [-0.2, -0.15) is 0 Å². The van der Waals surface area contributed by atoms with Crippen molar-refractivity contribution in [2.75, 3.05) is 13.1 Å². The highest BCUT2D eigenvalue weighted by Gasteiger charge is 2.29. The first-order valence-corrected chi connectivity index (χ1v) is 7.27. The summed E-state index contributed by atoms with van der Waals surface area (Å²) in [6.45, 7) is 8.16. The molecule has 2 aliphatic heterocycles. The van der Waals surface area contributed by atoms with E-state index in [0.717, 1.165) is 38.2 Å². The summed E-state index contributed by atoms with van der Waals surface area (Å²) in [7, 11) is 0. The van der Waals surface area contributed by atoms with Crippen LogP contribution in [-0.2, 0) is 13.1 Å². The Morgan fingerprint density at radius 1 is 1.32 bits per heavy atom. The summed E-state index contributed by atoms with van der Waals surface area (Å²) in [6.07, 6.45) is 1.15. The fraction of sp³-hybridized carbons (Fsp3) is 0.562. The van der Waals surface area contributed by atoms with E-state index in [2.05, 4.69) is 31.3 Å². The van der Waals surface area contributed by atoms with Crippen LogP contribution in [0, 0.1) is 11.8 Å². The summed E-state index contributed by atoms with van der Waals surface area (Å²) >= 11 is 0. The number of nitrogens with zero attached hydrogens (tertiary/aromatic N) is 1. The van der Waals surface area contributed by atoms with Crippen LogP contribution in [0.25, 0.3) is 0 Å². The van der Waals surface area contributed by atoms with Gasteiger partial charge in [-0.05, 0) is 41.5 Å². The van der Waals surface area contributed by atoms with E-state index in [1.807, 2.05) is 11.0 Å². The van der Waals surface area contributed by atoms with Crippen LogP contribution < -0.4 is 5.32 Å². The zero-order valence-corrected chi connectivity index (χ0v) is 11.8. The number of hydrogen-bond donors (Lipinski definition) is 1. The molecule has 0 aromatic heterocycles. The van der Waals surface area contributed by atoms with Gasteiger partial charge in [0.2, 0.25) is 0 Å². The van der Waals surface area contributed by atoms with E-state index < -0.39 is 0 Å². The van der Waals surface area contributed by atoms with Crippen LogP contribution in [0.2, 0.25) is 0 Å². The molecule has 102 valence electrons. The first-order valence-electron chi connectivity index (χ1n) is 7.27. The molecule has 3 rings (SSSR count). The van der Waals surface area contributed by atoms with E-state index in [-0.39, 0.29) is 5.91 Å². The zero-order chi connectivity index (χ0) is 13.4. The molecule has 3 nitrogen and oxygen atoms in total. The lowest BCUT2D eigenvalue weighted by molar-refractivity contribution is 0.0784. The number of hydrogen-bond acceptors (Lipinski definition) is 2. The molecule has 0 spiro atoms. The molecule has 1 amide bonds. The largest absolute Gasteiger partial charge is 0.338 e. The Bertz CT molecular complexity index is 496. The molecule has 1 N–H and O–H groups in total. The van der Waals surface area contributed by atoms with Crippen molar-refractivity contribution in [2.45, 2.75) is 33.4 Å². The highest BCUT2D eigenvalue weighted by Crippen LogP contribution is 2.26. The molecule has 19 heavy (non-hydrogen) atoms. The number of rotatable bonds is 2. The average Bonchev–Trinajstić information content (AvgIpc) is 3.06. The Morgan fingerprint density at radius 2 is 2.11 bits per heavy atom. The molecule has 2 aliphatic rings. The maximum Gasteiger partial charge on any atom is 0.253 e. The Hall–Kier alpha value is -1.35. The Balaban J connectivity index is 1.74. The van der Waals surface area contributed by atoms with E-state index in [1.165, 1.54) is 11.1 Å². The zero-order valence-electron chi connectivity index (χ0n) is 11.8. The summed E-state index contributed by atoms with van der Waals surface area (Å²) in [6, 6.07) is 6.15. The second-order valence-electron chi connectivity index (χ2n) is 6.13. The topological polar surface area (TPSA) is 32.3 Å². The van der Waals surface area contributed by atoms with Gasteiger partial charge in [0.25, 0.3) is 5.91 Å². The molecule has 0 radical (unpaired) electrons. The predicted molar refractivity (Wildman–Crippen MR) is 75.8 cm³/mol. The van der Waals surface area contributed by atoms with Crippen molar-refractivity contribution in [3.05, 3.63) is 34.9 Å². The van der Waals surface area contributed by atoms with Crippen LogP contribution in [0.5, 0.6) is 0 Å². The van der Waals surface area contributed by atoms with Gasteiger partial charge in [0.05, 0.1) is 0 Å². The van der Waals surface area contributed by atoms with E-state index in [0.29, 0.717) is 11.8 Å². The number of amides is 1. The molecular formula is C16H22N2O. The monoisotopic (exact) mass is 258 g/mol. The van der Waals surface area contributed by atoms with E-state index in [1.54, 1.807) is 0 Å². The molecule has 1 aromatic carbocycles. The van der Waals surface area contributed by atoms with Gasteiger partial charge in [0, 0.05) is 31.7 Å². The summed E-state index contributed by atoms with van der Waals surface area (Å²) in [5.41, 5.74) is 3.47. The van der Waals surface area contributed by atoms with Gasteiger partial charge in [0.15, 0.2) is 0 Å². The van der Waals surface area contributed by atoms with Crippen LogP contribution in [-0.4, -0.2) is 23.9 Å². The third-order valence-corrected chi connectivity index (χ3v) is 4.54. The van der Waals surface area contributed by atoms with Gasteiger partial charge in [0.1, 0.15) is 0 Å². The Morgan fingerprint density at radius 3 is 2.84 bits per heavy atom. The molecule has 1 fully saturated rings. The van der Waals surface area contributed by atoms with Crippen molar-refractivity contribution in [1.82, 2.24) is 10.2 Å². The van der Waals surface area contributed by atoms with Gasteiger partial charge in [-0.25, -0.2) is 0 Å².